The van der Waals surface area contributed by atoms with Crippen LogP contribution < -0.4 is 5.32 Å². The molecule has 3 atom stereocenters. The monoisotopic (exact) mass is 537 g/mol. The zero-order valence-corrected chi connectivity index (χ0v) is 19.9. The highest BCUT2D eigenvalue weighted by Crippen LogP contribution is 2.48. The van der Waals surface area contributed by atoms with Crippen LogP contribution in [0.3, 0.4) is 0 Å². The van der Waals surface area contributed by atoms with Crippen molar-refractivity contribution >= 4 is 40.3 Å². The third kappa shape index (κ3) is 4.87. The molecule has 0 bridgehead atoms. The van der Waals surface area contributed by atoms with Gasteiger partial charge in [0, 0.05) is 41.7 Å². The van der Waals surface area contributed by atoms with Crippen LogP contribution in [0.5, 0.6) is 0 Å². The second-order valence-electron chi connectivity index (χ2n) is 9.04. The highest BCUT2D eigenvalue weighted by molar-refractivity contribution is 6.30. The molecule has 1 saturated carbocycles. The van der Waals surface area contributed by atoms with Crippen LogP contribution in [0.25, 0.3) is 10.9 Å². The smallest absolute Gasteiger partial charge is 0.425 e. The Morgan fingerprint density at radius 2 is 1.84 bits per heavy atom. The number of carbonyl (C=O) groups is 3. The van der Waals surface area contributed by atoms with E-state index in [4.69, 9.17) is 16.3 Å². The molecule has 0 unspecified atom stereocenters. The van der Waals surface area contributed by atoms with Crippen LogP contribution in [-0.4, -0.2) is 45.7 Å². The molecule has 2 heterocycles. The molecule has 2 aromatic carbocycles. The predicted molar refractivity (Wildman–Crippen MR) is 124 cm³/mol. The van der Waals surface area contributed by atoms with Gasteiger partial charge in [0.2, 0.25) is 5.91 Å². The number of hydrogen-bond acceptors (Lipinski definition) is 4. The lowest BCUT2D eigenvalue weighted by Crippen LogP contribution is -2.44. The van der Waals surface area contributed by atoms with E-state index >= 15 is 0 Å². The summed E-state index contributed by atoms with van der Waals surface area (Å²) in [6.07, 6.45) is -4.62. The number of ketones is 1. The number of rotatable bonds is 6. The van der Waals surface area contributed by atoms with Crippen molar-refractivity contribution < 1.29 is 36.7 Å². The number of nitrogens with one attached hydrogen (secondary N) is 1. The summed E-state index contributed by atoms with van der Waals surface area (Å²) in [6.45, 7) is -0.520. The molecule has 12 heteroatoms. The van der Waals surface area contributed by atoms with Crippen molar-refractivity contribution in [2.75, 3.05) is 0 Å². The van der Waals surface area contributed by atoms with Gasteiger partial charge in [-0.1, -0.05) is 41.9 Å². The maximum absolute atomic E-state index is 14.1. The molecule has 5 rings (SSSR count). The number of amides is 2. The van der Waals surface area contributed by atoms with Gasteiger partial charge in [-0.2, -0.15) is 13.2 Å². The fraction of sp³-hybridized carbons (Fsp3) is 0.320. The summed E-state index contributed by atoms with van der Waals surface area (Å²) in [5, 5.41) is 2.44. The van der Waals surface area contributed by atoms with E-state index in [1.165, 1.54) is 45.9 Å². The fourth-order valence-electron chi connectivity index (χ4n) is 4.82. The lowest BCUT2D eigenvalue weighted by molar-refractivity contribution is -0.140. The summed E-state index contributed by atoms with van der Waals surface area (Å²) >= 11 is 5.75. The van der Waals surface area contributed by atoms with Crippen molar-refractivity contribution in [3.05, 3.63) is 70.6 Å². The molecule has 7 nitrogen and oxygen atoms in total. The van der Waals surface area contributed by atoms with E-state index in [2.05, 4.69) is 5.32 Å². The largest absolute Gasteiger partial charge is 0.454 e. The number of alkyl carbamates (subject to hydrolysis) is 1. The molecule has 0 spiro atoms. The van der Waals surface area contributed by atoms with E-state index in [1.807, 2.05) is 0 Å². The van der Waals surface area contributed by atoms with E-state index in [1.54, 1.807) is 6.07 Å². The van der Waals surface area contributed by atoms with Crippen LogP contribution in [0.1, 0.15) is 28.8 Å². The Balaban J connectivity index is 1.29. The van der Waals surface area contributed by atoms with Gasteiger partial charge < -0.3 is 19.5 Å². The standard InChI is InChI=1S/C25H20ClF4N3O4/c26-17-6-3-4-13(22(17)27)10-31-24(36)37-21-9-14-8-19(14)33(21)20(34)12-32-11-16(23(35)25(28,29)30)15-5-1-2-7-18(15)32/h1-7,11,14,19,21H,8-10,12H2,(H,31,36)/t14-,19-,21+/m1/s1. The summed E-state index contributed by atoms with van der Waals surface area (Å²) < 4.78 is 60.1. The minimum Gasteiger partial charge on any atom is -0.425 e. The van der Waals surface area contributed by atoms with E-state index < -0.39 is 41.6 Å². The Kier molecular flexibility index (Phi) is 6.35. The zero-order chi connectivity index (χ0) is 26.5. The van der Waals surface area contributed by atoms with Gasteiger partial charge in [-0.25, -0.2) is 9.18 Å². The average molecular weight is 538 g/mol. The first-order valence-corrected chi connectivity index (χ1v) is 11.8. The first-order chi connectivity index (χ1) is 17.5. The summed E-state index contributed by atoms with van der Waals surface area (Å²) in [7, 11) is 0. The van der Waals surface area contributed by atoms with Gasteiger partial charge in [0.15, 0.2) is 6.23 Å². The number of benzene rings is 2. The Bertz CT molecular complexity index is 1410. The van der Waals surface area contributed by atoms with Crippen molar-refractivity contribution in [3.63, 3.8) is 0 Å². The normalized spacial score (nSPS) is 20.6. The number of likely N-dealkylation sites (tertiary alicyclic amines) is 1. The minimum absolute atomic E-state index is 0.0852. The topological polar surface area (TPSA) is 80.6 Å². The third-order valence-electron chi connectivity index (χ3n) is 6.64. The van der Waals surface area contributed by atoms with Crippen molar-refractivity contribution in [2.24, 2.45) is 5.92 Å². The van der Waals surface area contributed by atoms with Crippen molar-refractivity contribution in [1.82, 2.24) is 14.8 Å². The Labute approximate surface area is 212 Å². The van der Waals surface area contributed by atoms with Crippen molar-refractivity contribution in [3.8, 4) is 0 Å². The number of nitrogens with zero attached hydrogens (tertiary/aromatic N) is 2. The highest BCUT2D eigenvalue weighted by atomic mass is 35.5. The van der Waals surface area contributed by atoms with Crippen molar-refractivity contribution in [2.45, 2.75) is 44.4 Å². The number of hydrogen-bond donors (Lipinski definition) is 1. The lowest BCUT2D eigenvalue weighted by Gasteiger charge is -2.27. The molecule has 1 aromatic heterocycles. The van der Waals surface area contributed by atoms with E-state index in [-0.39, 0.29) is 41.0 Å². The molecule has 3 aromatic rings. The number of Topliss-reactive ketones (excluding diaryl/α,β-unsaturated/α-hetero) is 1. The zero-order valence-electron chi connectivity index (χ0n) is 19.1. The molecule has 1 N–H and O–H groups in total. The van der Waals surface area contributed by atoms with Gasteiger partial charge in [-0.3, -0.25) is 9.59 Å². The predicted octanol–water partition coefficient (Wildman–Crippen LogP) is 5.05. The molecular formula is C25H20ClF4N3O4. The summed E-state index contributed by atoms with van der Waals surface area (Å²) in [5.41, 5.74) is -0.0776. The number of aromatic nitrogens is 1. The summed E-state index contributed by atoms with van der Waals surface area (Å²) in [5.74, 6) is -2.97. The highest BCUT2D eigenvalue weighted by Gasteiger charge is 2.55. The van der Waals surface area contributed by atoms with Crippen LogP contribution in [0.2, 0.25) is 5.02 Å². The number of fused-ring (bicyclic) bond motifs is 2. The molecular weight excluding hydrogens is 518 g/mol. The first kappa shape index (κ1) is 25.1. The molecule has 2 amide bonds. The Morgan fingerprint density at radius 3 is 2.59 bits per heavy atom. The second-order valence-corrected chi connectivity index (χ2v) is 9.45. The van der Waals surface area contributed by atoms with Gasteiger partial charge in [0.25, 0.3) is 5.78 Å². The lowest BCUT2D eigenvalue weighted by atomic mass is 10.1. The number of ether oxygens (including phenoxy) is 1. The van der Waals surface area contributed by atoms with E-state index in [9.17, 15) is 31.9 Å². The number of piperidine rings is 1. The molecule has 1 aliphatic carbocycles. The molecule has 37 heavy (non-hydrogen) atoms. The minimum atomic E-state index is -5.06. The molecule has 2 aliphatic rings. The van der Waals surface area contributed by atoms with Crippen LogP contribution in [0.15, 0.2) is 48.7 Å². The van der Waals surface area contributed by atoms with Gasteiger partial charge in [0.1, 0.15) is 12.4 Å². The SMILES string of the molecule is O=C(NCc1cccc(Cl)c1F)O[C@H]1C[C@H]2C[C@H]2N1C(=O)Cn1cc(C(=O)C(F)(F)F)c2ccccc21. The molecule has 1 saturated heterocycles. The number of para-hydroxylation sites is 1. The number of alkyl halides is 3. The van der Waals surface area contributed by atoms with Gasteiger partial charge in [-0.05, 0) is 24.5 Å². The molecule has 0 radical (unpaired) electrons. The van der Waals surface area contributed by atoms with Crippen LogP contribution in [-0.2, 0) is 22.6 Å². The third-order valence-corrected chi connectivity index (χ3v) is 6.93. The molecule has 1 aliphatic heterocycles. The number of carbonyl (C=O) groups excluding carboxylic acids is 3. The van der Waals surface area contributed by atoms with Gasteiger partial charge in [-0.15, -0.1) is 0 Å². The molecule has 194 valence electrons. The summed E-state index contributed by atoms with van der Waals surface area (Å²) in [6, 6.07) is 10.2. The van der Waals surface area contributed by atoms with Crippen molar-refractivity contribution in [1.29, 1.82) is 0 Å². The van der Waals surface area contributed by atoms with Crippen LogP contribution >= 0.6 is 11.6 Å². The Hall–Kier alpha value is -3.60. The van der Waals surface area contributed by atoms with Gasteiger partial charge in [0.05, 0.1) is 10.6 Å². The average Bonchev–Trinajstić information content (AvgIpc) is 3.36. The van der Waals surface area contributed by atoms with Gasteiger partial charge >= 0.3 is 12.3 Å². The van der Waals surface area contributed by atoms with Crippen LogP contribution in [0, 0.1) is 11.7 Å². The molecule has 2 fully saturated rings. The second kappa shape index (κ2) is 9.37. The maximum atomic E-state index is 14.1. The van der Waals surface area contributed by atoms with E-state index in [0.717, 1.165) is 12.6 Å². The quantitative estimate of drug-likeness (QED) is 0.352. The first-order valence-electron chi connectivity index (χ1n) is 11.4. The van der Waals surface area contributed by atoms with Crippen LogP contribution in [0.4, 0.5) is 22.4 Å². The number of halogens is 5. The maximum Gasteiger partial charge on any atom is 0.454 e. The Morgan fingerprint density at radius 1 is 1.08 bits per heavy atom. The fourth-order valence-corrected chi connectivity index (χ4v) is 5.01. The summed E-state index contributed by atoms with van der Waals surface area (Å²) in [4.78, 5) is 39.0. The van der Waals surface area contributed by atoms with E-state index in [0.29, 0.717) is 11.9 Å².